The van der Waals surface area contributed by atoms with E-state index in [0.29, 0.717) is 36.6 Å². The van der Waals surface area contributed by atoms with Crippen molar-refractivity contribution in [1.29, 1.82) is 0 Å². The van der Waals surface area contributed by atoms with Gasteiger partial charge in [0.15, 0.2) is 6.61 Å². The van der Waals surface area contributed by atoms with Crippen LogP contribution in [0.4, 0.5) is 11.7 Å². The highest BCUT2D eigenvalue weighted by Gasteiger charge is 2.17. The molecule has 0 unspecified atom stereocenters. The van der Waals surface area contributed by atoms with E-state index in [4.69, 9.17) is 19.6 Å². The molecular formula is C13H16N4O3. The summed E-state index contributed by atoms with van der Waals surface area (Å²) in [5.74, 6) is 1.04. The lowest BCUT2D eigenvalue weighted by atomic mass is 10.3. The Hall–Kier alpha value is -2.28. The molecule has 2 aromatic rings. The smallest absolute Gasteiger partial charge is 0.318 e. The van der Waals surface area contributed by atoms with Gasteiger partial charge in [0.2, 0.25) is 0 Å². The van der Waals surface area contributed by atoms with Crippen LogP contribution in [0, 0.1) is 0 Å². The third kappa shape index (κ3) is 2.83. The Bertz CT molecular complexity index is 566. The Morgan fingerprint density at radius 1 is 1.20 bits per heavy atom. The van der Waals surface area contributed by atoms with Crippen molar-refractivity contribution in [2.75, 3.05) is 36.9 Å². The van der Waals surface area contributed by atoms with Crippen molar-refractivity contribution in [2.45, 2.75) is 6.61 Å². The minimum Gasteiger partial charge on any atom is -0.482 e. The van der Waals surface area contributed by atoms with Gasteiger partial charge in [0.05, 0.1) is 18.9 Å². The lowest BCUT2D eigenvalue weighted by Crippen LogP contribution is -2.36. The number of nitrogens with zero attached hydrogens (tertiary/aromatic N) is 3. The number of benzene rings is 1. The maximum absolute atomic E-state index is 5.79. The van der Waals surface area contributed by atoms with Crippen LogP contribution < -0.4 is 15.4 Å². The number of rotatable bonds is 4. The van der Waals surface area contributed by atoms with Crippen molar-refractivity contribution < 1.29 is 13.9 Å². The summed E-state index contributed by atoms with van der Waals surface area (Å²) in [5.41, 5.74) is 6.38. The molecule has 0 spiro atoms. The summed E-state index contributed by atoms with van der Waals surface area (Å²) in [6, 6.07) is 7.80. The van der Waals surface area contributed by atoms with Gasteiger partial charge in [-0.2, -0.15) is 0 Å². The van der Waals surface area contributed by atoms with Gasteiger partial charge < -0.3 is 24.5 Å². The highest BCUT2D eigenvalue weighted by Crippen LogP contribution is 2.21. The summed E-state index contributed by atoms with van der Waals surface area (Å²) in [5, 5.41) is 7.99. The number of nitrogen functional groups attached to an aromatic ring is 1. The molecule has 2 N–H and O–H groups in total. The summed E-state index contributed by atoms with van der Waals surface area (Å²) in [6.45, 7) is 3.07. The van der Waals surface area contributed by atoms with Gasteiger partial charge in [-0.1, -0.05) is 17.2 Å². The minimum atomic E-state index is 0.200. The first kappa shape index (κ1) is 12.7. The van der Waals surface area contributed by atoms with E-state index in [0.717, 1.165) is 13.1 Å². The summed E-state index contributed by atoms with van der Waals surface area (Å²) in [4.78, 5) is 2.00. The number of para-hydroxylation sites is 2. The Morgan fingerprint density at radius 3 is 2.80 bits per heavy atom. The second-order valence-corrected chi connectivity index (χ2v) is 4.40. The zero-order valence-corrected chi connectivity index (χ0v) is 11.0. The molecule has 7 nitrogen and oxygen atoms in total. The van der Waals surface area contributed by atoms with Gasteiger partial charge in [-0.05, 0) is 12.1 Å². The molecule has 3 rings (SSSR count). The zero-order chi connectivity index (χ0) is 13.8. The van der Waals surface area contributed by atoms with Gasteiger partial charge in [0.25, 0.3) is 5.89 Å². The topological polar surface area (TPSA) is 86.6 Å². The van der Waals surface area contributed by atoms with Gasteiger partial charge in [0.1, 0.15) is 5.75 Å². The number of morpholine rings is 1. The Kier molecular flexibility index (Phi) is 3.69. The van der Waals surface area contributed by atoms with Crippen molar-refractivity contribution in [1.82, 2.24) is 10.2 Å². The maximum Gasteiger partial charge on any atom is 0.318 e. The molecular weight excluding hydrogens is 260 g/mol. The third-order valence-electron chi connectivity index (χ3n) is 3.01. The molecule has 20 heavy (non-hydrogen) atoms. The van der Waals surface area contributed by atoms with E-state index in [1.807, 2.05) is 17.0 Å². The molecule has 1 aromatic heterocycles. The van der Waals surface area contributed by atoms with Gasteiger partial charge in [0, 0.05) is 13.1 Å². The molecule has 0 atom stereocenters. The van der Waals surface area contributed by atoms with Crippen LogP contribution >= 0.6 is 0 Å². The quantitative estimate of drug-likeness (QED) is 0.836. The maximum atomic E-state index is 5.79. The van der Waals surface area contributed by atoms with Crippen molar-refractivity contribution in [3.8, 4) is 5.75 Å². The van der Waals surface area contributed by atoms with Crippen molar-refractivity contribution >= 4 is 11.7 Å². The number of hydrogen-bond donors (Lipinski definition) is 1. The summed E-state index contributed by atoms with van der Waals surface area (Å²) < 4.78 is 16.4. The van der Waals surface area contributed by atoms with Crippen LogP contribution in [0.2, 0.25) is 0 Å². The van der Waals surface area contributed by atoms with Crippen LogP contribution in [0.15, 0.2) is 28.7 Å². The van der Waals surface area contributed by atoms with Crippen molar-refractivity contribution in [3.63, 3.8) is 0 Å². The largest absolute Gasteiger partial charge is 0.482 e. The molecule has 1 aliphatic heterocycles. The summed E-state index contributed by atoms with van der Waals surface area (Å²) >= 11 is 0. The number of nitrogens with two attached hydrogens (primary N) is 1. The average Bonchev–Trinajstić information content (AvgIpc) is 2.96. The first-order valence-corrected chi connectivity index (χ1v) is 6.45. The molecule has 0 saturated carbocycles. The Labute approximate surface area is 116 Å². The van der Waals surface area contributed by atoms with Gasteiger partial charge in [-0.25, -0.2) is 0 Å². The normalized spacial score (nSPS) is 15.3. The predicted molar refractivity (Wildman–Crippen MR) is 72.5 cm³/mol. The monoisotopic (exact) mass is 276 g/mol. The Morgan fingerprint density at radius 2 is 2.00 bits per heavy atom. The van der Waals surface area contributed by atoms with E-state index >= 15 is 0 Å². The fraction of sp³-hybridized carbons (Fsp3) is 0.385. The van der Waals surface area contributed by atoms with Gasteiger partial charge in [-0.15, -0.1) is 5.10 Å². The lowest BCUT2D eigenvalue weighted by molar-refractivity contribution is 0.120. The molecule has 1 aromatic carbocycles. The van der Waals surface area contributed by atoms with Gasteiger partial charge >= 0.3 is 6.01 Å². The molecule has 1 aliphatic rings. The molecule has 7 heteroatoms. The number of anilines is 2. The second kappa shape index (κ2) is 5.79. The van der Waals surface area contributed by atoms with Crippen molar-refractivity contribution in [2.24, 2.45) is 0 Å². The predicted octanol–water partition coefficient (Wildman–Crippen LogP) is 1.07. The second-order valence-electron chi connectivity index (χ2n) is 4.40. The van der Waals surface area contributed by atoms with Crippen LogP contribution in [-0.4, -0.2) is 36.5 Å². The van der Waals surface area contributed by atoms with E-state index in [9.17, 15) is 0 Å². The third-order valence-corrected chi connectivity index (χ3v) is 3.01. The molecule has 0 amide bonds. The van der Waals surface area contributed by atoms with Gasteiger partial charge in [-0.3, -0.25) is 0 Å². The molecule has 1 saturated heterocycles. The molecule has 2 heterocycles. The van der Waals surface area contributed by atoms with E-state index in [-0.39, 0.29) is 6.61 Å². The van der Waals surface area contributed by atoms with Crippen LogP contribution in [-0.2, 0) is 11.3 Å². The van der Waals surface area contributed by atoms with Crippen LogP contribution in [0.25, 0.3) is 0 Å². The number of hydrogen-bond acceptors (Lipinski definition) is 7. The molecule has 0 bridgehead atoms. The average molecular weight is 276 g/mol. The van der Waals surface area contributed by atoms with Crippen LogP contribution in [0.3, 0.4) is 0 Å². The highest BCUT2D eigenvalue weighted by molar-refractivity contribution is 5.51. The minimum absolute atomic E-state index is 0.200. The highest BCUT2D eigenvalue weighted by atomic mass is 16.5. The standard InChI is InChI=1S/C13H16N4O3/c14-10-3-1-2-4-11(10)19-9-12-15-16-13(20-12)17-5-7-18-8-6-17/h1-4H,5-9,14H2. The van der Waals surface area contributed by atoms with E-state index in [1.54, 1.807) is 12.1 Å². The molecule has 0 radical (unpaired) electrons. The summed E-state index contributed by atoms with van der Waals surface area (Å²) in [7, 11) is 0. The number of ether oxygens (including phenoxy) is 2. The molecule has 0 aliphatic carbocycles. The van der Waals surface area contributed by atoms with E-state index < -0.39 is 0 Å². The molecule has 106 valence electrons. The molecule has 1 fully saturated rings. The van der Waals surface area contributed by atoms with Crippen LogP contribution in [0.5, 0.6) is 5.75 Å². The van der Waals surface area contributed by atoms with E-state index in [2.05, 4.69) is 10.2 Å². The fourth-order valence-corrected chi connectivity index (χ4v) is 1.94. The Balaban J connectivity index is 1.61. The fourth-order valence-electron chi connectivity index (χ4n) is 1.94. The van der Waals surface area contributed by atoms with Crippen molar-refractivity contribution in [3.05, 3.63) is 30.2 Å². The number of aromatic nitrogens is 2. The van der Waals surface area contributed by atoms with E-state index in [1.165, 1.54) is 0 Å². The SMILES string of the molecule is Nc1ccccc1OCc1nnc(N2CCOCC2)o1. The zero-order valence-electron chi connectivity index (χ0n) is 11.0. The lowest BCUT2D eigenvalue weighted by Gasteiger charge is -2.24. The van der Waals surface area contributed by atoms with Crippen LogP contribution in [0.1, 0.15) is 5.89 Å². The first-order chi connectivity index (χ1) is 9.83. The first-order valence-electron chi connectivity index (χ1n) is 6.45. The summed E-state index contributed by atoms with van der Waals surface area (Å²) in [6.07, 6.45) is 0.